The fourth-order valence-electron chi connectivity index (χ4n) is 0.549. The van der Waals surface area contributed by atoms with Crippen molar-refractivity contribution in [2.75, 3.05) is 0 Å². The zero-order chi connectivity index (χ0) is 14.1. The molecule has 0 bridgehead atoms. The van der Waals surface area contributed by atoms with Crippen LogP contribution in [0.1, 0.15) is 20.8 Å². The molecule has 0 amide bonds. The second-order valence-corrected chi connectivity index (χ2v) is 5.49. The third-order valence-electron chi connectivity index (χ3n) is 1.12. The molecule has 0 saturated heterocycles. The molecule has 0 rings (SSSR count). The minimum Gasteiger partial charge on any atom is -0.454 e. The number of carbonyl (C=O) groups is 1. The molecule has 100 valence electrons. The predicted molar refractivity (Wildman–Crippen MR) is 52.4 cm³/mol. The number of rotatable bonds is 1. The Bertz CT molecular complexity index is 433. The van der Waals surface area contributed by atoms with Gasteiger partial charge in [-0.3, -0.25) is 0 Å². The van der Waals surface area contributed by atoms with Crippen molar-refractivity contribution in [2.45, 2.75) is 31.9 Å². The maximum atomic E-state index is 11.9. The fourth-order valence-corrected chi connectivity index (χ4v) is 0.986. The summed E-state index contributed by atoms with van der Waals surface area (Å²) in [4.78, 5) is 11.1. The normalized spacial score (nSPS) is 14.6. The monoisotopic (exact) mass is 276 g/mol. The first kappa shape index (κ1) is 15.7. The molecule has 17 heavy (non-hydrogen) atoms. The van der Waals surface area contributed by atoms with Crippen molar-refractivity contribution in [3.63, 3.8) is 0 Å². The van der Waals surface area contributed by atoms with Crippen LogP contribution in [-0.2, 0) is 19.6 Å². The summed E-state index contributed by atoms with van der Waals surface area (Å²) in [6, 6.07) is 0. The fraction of sp³-hybridized carbons (Fsp3) is 0.714. The molecule has 10 heteroatoms. The van der Waals surface area contributed by atoms with Gasteiger partial charge in [-0.1, -0.05) is 0 Å². The summed E-state index contributed by atoms with van der Waals surface area (Å²) in [5, 5.41) is 0. The van der Waals surface area contributed by atoms with Gasteiger partial charge in [-0.2, -0.15) is 21.6 Å². The van der Waals surface area contributed by atoms with E-state index in [2.05, 4.69) is 9.13 Å². The maximum Gasteiger partial charge on any atom is 0.518 e. The van der Waals surface area contributed by atoms with Crippen LogP contribution in [0.3, 0.4) is 0 Å². The Hall–Kier alpha value is -1.32. The van der Waals surface area contributed by atoms with Crippen molar-refractivity contribution in [1.82, 2.24) is 0 Å². The molecule has 0 aromatic carbocycles. The Morgan fingerprint density at radius 3 is 1.94 bits per heavy atom. The molecular weight excluding hydrogens is 265 g/mol. The van der Waals surface area contributed by atoms with Crippen molar-refractivity contribution in [3.05, 3.63) is 0 Å². The maximum absolute atomic E-state index is 11.9. The van der Waals surface area contributed by atoms with Gasteiger partial charge in [-0.25, -0.2) is 4.79 Å². The van der Waals surface area contributed by atoms with Gasteiger partial charge in [-0.05, 0) is 20.8 Å². The van der Waals surface area contributed by atoms with Crippen molar-refractivity contribution in [3.8, 4) is 0 Å². The van der Waals surface area contributed by atoms with Gasteiger partial charge in [0.1, 0.15) is 5.60 Å². The van der Waals surface area contributed by atoms with Crippen LogP contribution >= 0.6 is 0 Å². The number of halogens is 3. The van der Waals surface area contributed by atoms with E-state index in [1.807, 2.05) is 0 Å². The smallest absolute Gasteiger partial charge is 0.454 e. The largest absolute Gasteiger partial charge is 0.518 e. The van der Waals surface area contributed by atoms with E-state index in [1.54, 1.807) is 0 Å². The number of hydrogen-bond donors (Lipinski definition) is 1. The van der Waals surface area contributed by atoms with E-state index in [1.165, 1.54) is 20.8 Å². The van der Waals surface area contributed by atoms with Crippen LogP contribution < -0.4 is 5.73 Å². The number of nitrogens with two attached hydrogens (primary N) is 1. The molecule has 0 heterocycles. The van der Waals surface area contributed by atoms with Crippen LogP contribution in [0.2, 0.25) is 0 Å². The molecule has 0 unspecified atom stereocenters. The third-order valence-corrected chi connectivity index (χ3v) is 2.14. The van der Waals surface area contributed by atoms with Crippen molar-refractivity contribution < 1.29 is 31.1 Å². The average molecular weight is 276 g/mol. The lowest BCUT2D eigenvalue weighted by atomic mass is 10.2. The van der Waals surface area contributed by atoms with Crippen LogP contribution in [0, 0.1) is 0 Å². The van der Waals surface area contributed by atoms with Crippen molar-refractivity contribution in [1.29, 1.82) is 0 Å². The van der Waals surface area contributed by atoms with E-state index in [9.17, 15) is 26.4 Å². The molecule has 0 fully saturated rings. The minimum atomic E-state index is -5.84. The molecule has 0 atom stereocenters. The van der Waals surface area contributed by atoms with Gasteiger partial charge in [0.25, 0.3) is 0 Å². The Morgan fingerprint density at radius 1 is 1.24 bits per heavy atom. The molecule has 0 aliphatic heterocycles. The van der Waals surface area contributed by atoms with E-state index in [-0.39, 0.29) is 0 Å². The van der Waals surface area contributed by atoms with Crippen LogP contribution in [0.15, 0.2) is 4.40 Å². The van der Waals surface area contributed by atoms with Gasteiger partial charge in [0, 0.05) is 0 Å². The van der Waals surface area contributed by atoms with Crippen LogP contribution in [0.25, 0.3) is 0 Å². The molecule has 0 aromatic heterocycles. The molecule has 0 aliphatic rings. The Kier molecular flexibility index (Phi) is 4.16. The summed E-state index contributed by atoms with van der Waals surface area (Å²) in [6.07, 6.45) is 0. The number of sulfonamides is 1. The van der Waals surface area contributed by atoms with E-state index in [0.717, 1.165) is 0 Å². The molecule has 0 aromatic rings. The van der Waals surface area contributed by atoms with Crippen LogP contribution in [-0.4, -0.2) is 31.3 Å². The van der Waals surface area contributed by atoms with Crippen LogP contribution in [0.4, 0.5) is 13.2 Å². The average Bonchev–Trinajstić information content (AvgIpc) is 1.97. The van der Waals surface area contributed by atoms with Crippen molar-refractivity contribution >= 4 is 21.8 Å². The first-order valence-corrected chi connectivity index (χ1v) is 5.60. The molecule has 0 saturated carbocycles. The summed E-state index contributed by atoms with van der Waals surface area (Å²) < 4.78 is 63.4. The lowest BCUT2D eigenvalue weighted by molar-refractivity contribution is -0.146. The van der Waals surface area contributed by atoms with Crippen LogP contribution in [0.5, 0.6) is 0 Å². The SMILES string of the molecule is CC(C)(C)OC(=O)C(N)=NS(=O)(=O)C(F)(F)F. The first-order chi connectivity index (χ1) is 7.26. The summed E-state index contributed by atoms with van der Waals surface area (Å²) in [5.74, 6) is -2.82. The van der Waals surface area contributed by atoms with E-state index >= 15 is 0 Å². The highest BCUT2D eigenvalue weighted by Gasteiger charge is 2.46. The third kappa shape index (κ3) is 5.02. The quantitative estimate of drug-likeness (QED) is 0.428. The number of alkyl halides is 3. The highest BCUT2D eigenvalue weighted by molar-refractivity contribution is 7.91. The Balaban J connectivity index is 5.09. The van der Waals surface area contributed by atoms with Gasteiger partial charge < -0.3 is 10.5 Å². The van der Waals surface area contributed by atoms with Gasteiger partial charge in [0.2, 0.25) is 5.84 Å². The number of carbonyl (C=O) groups excluding carboxylic acids is 1. The minimum absolute atomic E-state index is 1.03. The standard InChI is InChI=1S/C7H11F3N2O4S/c1-6(2,3)16-5(13)4(11)12-17(14,15)7(8,9)10/h1-3H3,(H2,11,12). The Morgan fingerprint density at radius 2 is 1.65 bits per heavy atom. The number of nitrogens with zero attached hydrogens (tertiary/aromatic N) is 1. The van der Waals surface area contributed by atoms with E-state index in [4.69, 9.17) is 5.73 Å². The molecule has 0 radical (unpaired) electrons. The number of ether oxygens (including phenoxy) is 1. The summed E-state index contributed by atoms with van der Waals surface area (Å²) in [6.45, 7) is 4.28. The second kappa shape index (κ2) is 4.51. The molecule has 0 aliphatic carbocycles. The van der Waals surface area contributed by atoms with E-state index in [0.29, 0.717) is 0 Å². The zero-order valence-corrected chi connectivity index (χ0v) is 10.0. The van der Waals surface area contributed by atoms with Gasteiger partial charge >= 0.3 is 21.5 Å². The first-order valence-electron chi connectivity index (χ1n) is 4.16. The summed E-state index contributed by atoms with van der Waals surface area (Å²) in [7, 11) is -5.84. The lowest BCUT2D eigenvalue weighted by Crippen LogP contribution is -2.35. The van der Waals surface area contributed by atoms with E-state index < -0.39 is 32.9 Å². The van der Waals surface area contributed by atoms with Gasteiger partial charge in [0.15, 0.2) is 0 Å². The molecular formula is C7H11F3N2O4S. The van der Waals surface area contributed by atoms with Gasteiger partial charge in [-0.15, -0.1) is 4.40 Å². The lowest BCUT2D eigenvalue weighted by Gasteiger charge is -2.18. The number of amidine groups is 1. The Labute approximate surface area is 95.7 Å². The topological polar surface area (TPSA) is 98.8 Å². The second-order valence-electron chi connectivity index (χ2n) is 3.90. The highest BCUT2D eigenvalue weighted by Crippen LogP contribution is 2.24. The zero-order valence-electron chi connectivity index (χ0n) is 9.20. The number of esters is 1. The van der Waals surface area contributed by atoms with Crippen molar-refractivity contribution in [2.24, 2.45) is 10.1 Å². The summed E-state index contributed by atoms with van der Waals surface area (Å²) >= 11 is 0. The molecule has 6 nitrogen and oxygen atoms in total. The molecule has 2 N–H and O–H groups in total. The van der Waals surface area contributed by atoms with Gasteiger partial charge in [0.05, 0.1) is 0 Å². The number of hydrogen-bond acceptors (Lipinski definition) is 4. The highest BCUT2D eigenvalue weighted by atomic mass is 32.2. The predicted octanol–water partition coefficient (Wildman–Crippen LogP) is 0.535. The summed E-state index contributed by atoms with van der Waals surface area (Å²) in [5.41, 5.74) is -1.84. The molecule has 0 spiro atoms.